The van der Waals surface area contributed by atoms with Crippen LogP contribution in [0.25, 0.3) is 0 Å². The van der Waals surface area contributed by atoms with Crippen molar-refractivity contribution >= 4 is 11.6 Å². The molecule has 1 aliphatic carbocycles. The predicted octanol–water partition coefficient (Wildman–Crippen LogP) is 0.676. The molecular formula is C13H15N3O3. The SMILES string of the molecule is CCNC1=C(OC)C(=O)c2c(nc3n2CCC3)C1=O. The smallest absolute Gasteiger partial charge is 0.248 e. The molecule has 19 heavy (non-hydrogen) atoms. The van der Waals surface area contributed by atoms with Crippen LogP contribution in [0.1, 0.15) is 40.1 Å². The van der Waals surface area contributed by atoms with Crippen LogP contribution in [0.2, 0.25) is 0 Å². The van der Waals surface area contributed by atoms with Gasteiger partial charge in [0.15, 0.2) is 5.76 Å². The van der Waals surface area contributed by atoms with Crippen LogP contribution < -0.4 is 5.32 Å². The first kappa shape index (κ1) is 12.0. The maximum Gasteiger partial charge on any atom is 0.248 e. The Labute approximate surface area is 110 Å². The lowest BCUT2D eigenvalue weighted by atomic mass is 10.00. The Kier molecular flexibility index (Phi) is 2.66. The van der Waals surface area contributed by atoms with Crippen LogP contribution in [-0.2, 0) is 17.7 Å². The van der Waals surface area contributed by atoms with E-state index in [-0.39, 0.29) is 28.7 Å². The highest BCUT2D eigenvalue weighted by Gasteiger charge is 2.39. The lowest BCUT2D eigenvalue weighted by molar-refractivity contribution is 0.0890. The van der Waals surface area contributed by atoms with Crippen molar-refractivity contribution in [2.45, 2.75) is 26.3 Å². The number of rotatable bonds is 3. The molecule has 6 heteroatoms. The number of aromatic nitrogens is 2. The van der Waals surface area contributed by atoms with Crippen molar-refractivity contribution < 1.29 is 14.3 Å². The van der Waals surface area contributed by atoms with Gasteiger partial charge in [-0.3, -0.25) is 9.59 Å². The van der Waals surface area contributed by atoms with Gasteiger partial charge in [0, 0.05) is 19.5 Å². The maximum atomic E-state index is 12.5. The molecule has 100 valence electrons. The van der Waals surface area contributed by atoms with E-state index in [1.807, 2.05) is 11.5 Å². The van der Waals surface area contributed by atoms with E-state index in [1.165, 1.54) is 7.11 Å². The average Bonchev–Trinajstić information content (AvgIpc) is 2.96. The summed E-state index contributed by atoms with van der Waals surface area (Å²) in [6.45, 7) is 3.15. The van der Waals surface area contributed by atoms with Crippen molar-refractivity contribution in [1.82, 2.24) is 14.9 Å². The first-order chi connectivity index (χ1) is 9.19. The fraction of sp³-hybridized carbons (Fsp3) is 0.462. The predicted molar refractivity (Wildman–Crippen MR) is 66.9 cm³/mol. The van der Waals surface area contributed by atoms with E-state index >= 15 is 0 Å². The Morgan fingerprint density at radius 3 is 2.84 bits per heavy atom. The normalized spacial score (nSPS) is 17.6. The minimum atomic E-state index is -0.256. The Hall–Kier alpha value is -2.11. The third-order valence-corrected chi connectivity index (χ3v) is 3.48. The second-order valence-corrected chi connectivity index (χ2v) is 4.58. The van der Waals surface area contributed by atoms with Crippen LogP contribution in [0, 0.1) is 0 Å². The number of ether oxygens (including phenoxy) is 1. The summed E-state index contributed by atoms with van der Waals surface area (Å²) < 4.78 is 6.98. The lowest BCUT2D eigenvalue weighted by Gasteiger charge is -2.18. The zero-order valence-corrected chi connectivity index (χ0v) is 10.9. The van der Waals surface area contributed by atoms with Crippen molar-refractivity contribution in [3.05, 3.63) is 28.7 Å². The van der Waals surface area contributed by atoms with E-state index in [9.17, 15) is 9.59 Å². The van der Waals surface area contributed by atoms with Crippen LogP contribution >= 0.6 is 0 Å². The Bertz CT molecular complexity index is 613. The van der Waals surface area contributed by atoms with Gasteiger partial charge in [-0.25, -0.2) is 4.98 Å². The first-order valence-corrected chi connectivity index (χ1v) is 6.40. The fourth-order valence-corrected chi connectivity index (χ4v) is 2.69. The van der Waals surface area contributed by atoms with Crippen molar-refractivity contribution in [3.8, 4) is 0 Å². The van der Waals surface area contributed by atoms with Crippen LogP contribution in [0.3, 0.4) is 0 Å². The zero-order chi connectivity index (χ0) is 13.6. The molecule has 2 aliphatic rings. The van der Waals surface area contributed by atoms with Crippen molar-refractivity contribution in [2.75, 3.05) is 13.7 Å². The Morgan fingerprint density at radius 2 is 2.16 bits per heavy atom. The number of carbonyl (C=O) groups is 2. The summed E-state index contributed by atoms with van der Waals surface area (Å²) in [4.78, 5) is 29.2. The molecule has 0 radical (unpaired) electrons. The topological polar surface area (TPSA) is 73.2 Å². The van der Waals surface area contributed by atoms with Gasteiger partial charge in [-0.1, -0.05) is 0 Å². The van der Waals surface area contributed by atoms with E-state index < -0.39 is 0 Å². The molecule has 1 aromatic rings. The van der Waals surface area contributed by atoms with Crippen LogP contribution in [0.5, 0.6) is 0 Å². The van der Waals surface area contributed by atoms with E-state index in [0.717, 1.165) is 25.2 Å². The third-order valence-electron chi connectivity index (χ3n) is 3.48. The number of fused-ring (bicyclic) bond motifs is 3. The van der Waals surface area contributed by atoms with Crippen molar-refractivity contribution in [1.29, 1.82) is 0 Å². The number of carbonyl (C=O) groups excluding carboxylic acids is 2. The van der Waals surface area contributed by atoms with Gasteiger partial charge in [-0.05, 0) is 13.3 Å². The molecule has 1 aliphatic heterocycles. The van der Waals surface area contributed by atoms with Crippen LogP contribution in [0.4, 0.5) is 0 Å². The number of likely N-dealkylation sites (N-methyl/N-ethyl adjacent to an activating group) is 1. The summed E-state index contributed by atoms with van der Waals surface area (Å²) in [5, 5.41) is 2.91. The summed E-state index contributed by atoms with van der Waals surface area (Å²) in [6, 6.07) is 0. The van der Waals surface area contributed by atoms with E-state index in [0.29, 0.717) is 12.2 Å². The number of hydrogen-bond acceptors (Lipinski definition) is 5. The highest BCUT2D eigenvalue weighted by Crippen LogP contribution is 2.29. The summed E-state index contributed by atoms with van der Waals surface area (Å²) >= 11 is 0. The minimum absolute atomic E-state index is 0.0916. The molecule has 1 N–H and O–H groups in total. The first-order valence-electron chi connectivity index (χ1n) is 6.40. The number of aryl methyl sites for hydroxylation is 1. The van der Waals surface area contributed by atoms with E-state index in [2.05, 4.69) is 10.3 Å². The molecule has 2 heterocycles. The van der Waals surface area contributed by atoms with Gasteiger partial charge in [-0.2, -0.15) is 0 Å². The van der Waals surface area contributed by atoms with Crippen molar-refractivity contribution in [3.63, 3.8) is 0 Å². The summed E-state index contributed by atoms with van der Waals surface area (Å²) in [6.07, 6.45) is 1.77. The molecule has 6 nitrogen and oxygen atoms in total. The van der Waals surface area contributed by atoms with Crippen molar-refractivity contribution in [2.24, 2.45) is 0 Å². The van der Waals surface area contributed by atoms with Gasteiger partial charge in [0.05, 0.1) is 7.11 Å². The molecule has 0 unspecified atom stereocenters. The van der Waals surface area contributed by atoms with Gasteiger partial charge < -0.3 is 14.6 Å². The molecule has 0 aromatic carbocycles. The van der Waals surface area contributed by atoms with E-state index in [4.69, 9.17) is 4.74 Å². The molecular weight excluding hydrogens is 246 g/mol. The molecule has 0 saturated heterocycles. The number of nitrogens with one attached hydrogen (secondary N) is 1. The van der Waals surface area contributed by atoms with Gasteiger partial charge in [0.2, 0.25) is 11.6 Å². The molecule has 0 saturated carbocycles. The maximum absolute atomic E-state index is 12.5. The highest BCUT2D eigenvalue weighted by molar-refractivity contribution is 6.24. The molecule has 3 rings (SSSR count). The number of Topliss-reactive ketones (excluding diaryl/α,β-unsaturated/α-hetero) is 2. The fourth-order valence-electron chi connectivity index (χ4n) is 2.69. The van der Waals surface area contributed by atoms with Crippen LogP contribution in [-0.4, -0.2) is 34.8 Å². The number of imidazole rings is 1. The van der Waals surface area contributed by atoms with Gasteiger partial charge in [0.25, 0.3) is 0 Å². The number of hydrogen-bond donors (Lipinski definition) is 1. The van der Waals surface area contributed by atoms with Crippen LogP contribution in [0.15, 0.2) is 11.5 Å². The monoisotopic (exact) mass is 261 g/mol. The highest BCUT2D eigenvalue weighted by atomic mass is 16.5. The van der Waals surface area contributed by atoms with Gasteiger partial charge >= 0.3 is 0 Å². The minimum Gasteiger partial charge on any atom is -0.491 e. The van der Waals surface area contributed by atoms with Gasteiger partial charge in [-0.15, -0.1) is 0 Å². The molecule has 1 aromatic heterocycles. The second kappa shape index (κ2) is 4.22. The number of ketones is 2. The molecule has 0 atom stereocenters. The largest absolute Gasteiger partial charge is 0.491 e. The third kappa shape index (κ3) is 1.52. The summed E-state index contributed by atoms with van der Waals surface area (Å²) in [5.41, 5.74) is 0.867. The van der Waals surface area contributed by atoms with E-state index in [1.54, 1.807) is 0 Å². The Balaban J connectivity index is 2.17. The average molecular weight is 261 g/mol. The number of nitrogens with zero attached hydrogens (tertiary/aromatic N) is 2. The lowest BCUT2D eigenvalue weighted by Crippen LogP contribution is -2.32. The quantitative estimate of drug-likeness (QED) is 0.866. The number of methoxy groups -OCH3 is 1. The zero-order valence-electron chi connectivity index (χ0n) is 10.9. The summed E-state index contributed by atoms with van der Waals surface area (Å²) in [5.74, 6) is 0.401. The summed E-state index contributed by atoms with van der Waals surface area (Å²) in [7, 11) is 1.41. The molecule has 0 fully saturated rings. The molecule has 0 amide bonds. The standard InChI is InChI=1S/C13H15N3O3/c1-3-14-9-11(17)8-10(12(18)13(9)19-2)16-6-4-5-7(16)15-8/h14H,3-6H2,1-2H3. The second-order valence-electron chi connectivity index (χ2n) is 4.58. The molecule has 0 spiro atoms. The van der Waals surface area contributed by atoms with Gasteiger partial charge in [0.1, 0.15) is 22.9 Å². The number of allylic oxidation sites excluding steroid dienone is 2. The Morgan fingerprint density at radius 1 is 1.37 bits per heavy atom. The molecule has 0 bridgehead atoms.